The van der Waals surface area contributed by atoms with Crippen LogP contribution in [0.15, 0.2) is 94.7 Å². The monoisotopic (exact) mass is 790 g/mol. The number of rotatable bonds is 6. The molecule has 0 radical (unpaired) electrons. The smallest absolute Gasteiger partial charge is 0.414 e. The highest BCUT2D eigenvalue weighted by Crippen LogP contribution is 2.35. The van der Waals surface area contributed by atoms with E-state index in [1.165, 1.54) is 49.7 Å². The van der Waals surface area contributed by atoms with Gasteiger partial charge in [-0.2, -0.15) is 8.61 Å². The molecule has 0 aromatic heterocycles. The van der Waals surface area contributed by atoms with Crippen molar-refractivity contribution in [2.75, 3.05) is 42.7 Å². The van der Waals surface area contributed by atoms with Crippen molar-refractivity contribution in [3.63, 3.8) is 0 Å². The van der Waals surface area contributed by atoms with Gasteiger partial charge in [0.25, 0.3) is 0 Å². The van der Waals surface area contributed by atoms with Gasteiger partial charge >= 0.3 is 6.09 Å². The molecule has 1 amide bonds. The Bertz CT molecular complexity index is 2240. The molecule has 0 saturated carbocycles. The molecule has 0 atom stereocenters. The van der Waals surface area contributed by atoms with Crippen LogP contribution in [-0.4, -0.2) is 76.5 Å². The fourth-order valence-corrected chi connectivity index (χ4v) is 10.7. The second-order valence-electron chi connectivity index (χ2n) is 14.7. The standard InChI is InChI=1S/C21H24N2O4S.C20H23FN2O3S/c1-15-3-6-19(7-4-15)28(25,26)22-11-9-18(10-12-22)23-20-8-5-16(2)13-17(20)14-27-21(23)24;1-15-2-7-20-16(12-15)13-26-14-23(20)18-8-10-22(11-9-18)27(24,25)19-5-3-17(21)4-6-19/h3-8,13,18H,9-12,14H2,1-2H3;2-7,12,18H,8-11,13-14H2,1H3. The van der Waals surface area contributed by atoms with Gasteiger partial charge in [0.05, 0.1) is 22.1 Å². The number of fused-ring (bicyclic) bond motifs is 2. The first-order valence-electron chi connectivity index (χ1n) is 18.6. The van der Waals surface area contributed by atoms with Crippen molar-refractivity contribution in [2.45, 2.75) is 81.5 Å². The molecule has 11 nitrogen and oxygen atoms in total. The first kappa shape index (κ1) is 38.9. The van der Waals surface area contributed by atoms with Gasteiger partial charge in [0.1, 0.15) is 19.2 Å². The lowest BCUT2D eigenvalue weighted by Crippen LogP contribution is -2.50. The van der Waals surface area contributed by atoms with E-state index in [-0.39, 0.29) is 29.7 Å². The second-order valence-corrected chi connectivity index (χ2v) is 18.5. The number of piperidine rings is 2. The lowest BCUT2D eigenvalue weighted by atomic mass is 10.0. The number of halogens is 1. The van der Waals surface area contributed by atoms with E-state index in [2.05, 4.69) is 30.0 Å². The largest absolute Gasteiger partial charge is 0.444 e. The molecule has 55 heavy (non-hydrogen) atoms. The number of carbonyl (C=O) groups is 1. The van der Waals surface area contributed by atoms with Crippen LogP contribution in [0.4, 0.5) is 20.6 Å². The number of nitrogens with zero attached hydrogens (tertiary/aromatic N) is 4. The van der Waals surface area contributed by atoms with Crippen LogP contribution in [0, 0.1) is 26.6 Å². The molecule has 292 valence electrons. The fourth-order valence-electron chi connectivity index (χ4n) is 7.80. The Hall–Kier alpha value is -4.34. The topological polar surface area (TPSA) is 117 Å². The van der Waals surface area contributed by atoms with Gasteiger partial charge < -0.3 is 14.4 Å². The molecule has 4 aromatic rings. The van der Waals surface area contributed by atoms with Crippen LogP contribution in [0.2, 0.25) is 0 Å². The lowest BCUT2D eigenvalue weighted by Gasteiger charge is -2.41. The van der Waals surface area contributed by atoms with Crippen molar-refractivity contribution in [3.8, 4) is 0 Å². The van der Waals surface area contributed by atoms with Gasteiger partial charge in [0, 0.05) is 55.1 Å². The Morgan fingerprint density at radius 1 is 0.600 bits per heavy atom. The van der Waals surface area contributed by atoms with E-state index in [1.807, 2.05) is 44.2 Å². The Kier molecular flexibility index (Phi) is 11.3. The molecular weight excluding hydrogens is 744 g/mol. The summed E-state index contributed by atoms with van der Waals surface area (Å²) < 4.78 is 78.6. The summed E-state index contributed by atoms with van der Waals surface area (Å²) >= 11 is 0. The summed E-state index contributed by atoms with van der Waals surface area (Å²) in [7, 11) is -7.10. The first-order chi connectivity index (χ1) is 26.3. The number of anilines is 2. The number of hydrogen-bond donors (Lipinski definition) is 0. The maximum atomic E-state index is 13.1. The van der Waals surface area contributed by atoms with Gasteiger partial charge in [-0.15, -0.1) is 0 Å². The SMILES string of the molecule is Cc1ccc(S(=O)(=O)N2CCC(N3C(=O)OCc4cc(C)ccc43)CC2)cc1.Cc1ccc2c(c1)COCN2C1CCN(S(=O)(=O)c2ccc(F)cc2)CC1. The van der Waals surface area contributed by atoms with Gasteiger partial charge in [-0.25, -0.2) is 26.0 Å². The molecule has 2 saturated heterocycles. The van der Waals surface area contributed by atoms with E-state index in [0.717, 1.165) is 35.2 Å². The van der Waals surface area contributed by atoms with E-state index in [9.17, 15) is 26.0 Å². The average molecular weight is 791 g/mol. The van der Waals surface area contributed by atoms with Gasteiger partial charge in [-0.05, 0) is 95.0 Å². The number of hydrogen-bond acceptors (Lipinski definition) is 8. The minimum Gasteiger partial charge on any atom is -0.444 e. The Morgan fingerprint density at radius 3 is 1.64 bits per heavy atom. The van der Waals surface area contributed by atoms with Crippen LogP contribution >= 0.6 is 0 Å². The first-order valence-corrected chi connectivity index (χ1v) is 21.5. The zero-order valence-corrected chi connectivity index (χ0v) is 33.0. The van der Waals surface area contributed by atoms with Crippen LogP contribution in [0.25, 0.3) is 0 Å². The number of cyclic esters (lactones) is 1. The van der Waals surface area contributed by atoms with Crippen LogP contribution < -0.4 is 9.80 Å². The van der Waals surface area contributed by atoms with Crippen LogP contribution in [-0.2, 0) is 42.7 Å². The van der Waals surface area contributed by atoms with Gasteiger partial charge in [0.2, 0.25) is 20.0 Å². The predicted molar refractivity (Wildman–Crippen MR) is 208 cm³/mol. The second kappa shape index (κ2) is 16.0. The normalized spacial score (nSPS) is 18.9. The number of sulfonamides is 2. The van der Waals surface area contributed by atoms with E-state index >= 15 is 0 Å². The van der Waals surface area contributed by atoms with E-state index in [1.54, 1.807) is 17.0 Å². The summed E-state index contributed by atoms with van der Waals surface area (Å²) in [6.07, 6.45) is 2.27. The summed E-state index contributed by atoms with van der Waals surface area (Å²) in [5.41, 5.74) is 7.59. The highest BCUT2D eigenvalue weighted by Gasteiger charge is 2.37. The molecule has 14 heteroatoms. The highest BCUT2D eigenvalue weighted by molar-refractivity contribution is 7.89. The molecule has 0 bridgehead atoms. The molecule has 0 unspecified atom stereocenters. The predicted octanol–water partition coefficient (Wildman–Crippen LogP) is 6.89. The van der Waals surface area contributed by atoms with Gasteiger partial charge in [-0.1, -0.05) is 53.1 Å². The molecule has 0 aliphatic carbocycles. The molecule has 0 spiro atoms. The fraction of sp³-hybridized carbons (Fsp3) is 0.390. The Morgan fingerprint density at radius 2 is 1.07 bits per heavy atom. The minimum atomic E-state index is -3.58. The Labute approximate surface area is 323 Å². The van der Waals surface area contributed by atoms with E-state index in [4.69, 9.17) is 9.47 Å². The third-order valence-corrected chi connectivity index (χ3v) is 14.7. The molecule has 2 fully saturated rings. The van der Waals surface area contributed by atoms with Crippen molar-refractivity contribution in [1.29, 1.82) is 0 Å². The van der Waals surface area contributed by atoms with Crippen molar-refractivity contribution in [3.05, 3.63) is 119 Å². The number of benzene rings is 4. The number of carbonyl (C=O) groups excluding carboxylic acids is 1. The van der Waals surface area contributed by atoms with Gasteiger partial charge in [-0.3, -0.25) is 4.90 Å². The molecule has 0 N–H and O–H groups in total. The molecule has 4 heterocycles. The highest BCUT2D eigenvalue weighted by atomic mass is 32.2. The summed E-state index contributed by atoms with van der Waals surface area (Å²) in [6.45, 7) is 9.10. The number of ether oxygens (including phenoxy) is 2. The molecule has 4 aliphatic heterocycles. The average Bonchev–Trinajstić information content (AvgIpc) is 3.18. The van der Waals surface area contributed by atoms with Crippen LogP contribution in [0.1, 0.15) is 53.5 Å². The third-order valence-electron chi connectivity index (χ3n) is 10.8. The van der Waals surface area contributed by atoms with Crippen molar-refractivity contribution >= 4 is 37.5 Å². The van der Waals surface area contributed by atoms with E-state index in [0.29, 0.717) is 57.3 Å². The van der Waals surface area contributed by atoms with Crippen molar-refractivity contribution in [1.82, 2.24) is 8.61 Å². The maximum absolute atomic E-state index is 13.1. The van der Waals surface area contributed by atoms with Gasteiger partial charge in [0.15, 0.2) is 0 Å². The molecular formula is C41H47FN4O7S2. The summed E-state index contributed by atoms with van der Waals surface area (Å²) in [5, 5.41) is 0. The van der Waals surface area contributed by atoms with Crippen LogP contribution in [0.5, 0.6) is 0 Å². The quantitative estimate of drug-likeness (QED) is 0.207. The molecule has 8 rings (SSSR count). The van der Waals surface area contributed by atoms with Crippen molar-refractivity contribution in [2.24, 2.45) is 0 Å². The third kappa shape index (κ3) is 8.29. The maximum Gasteiger partial charge on any atom is 0.414 e. The number of aryl methyl sites for hydroxylation is 3. The zero-order chi connectivity index (χ0) is 38.9. The lowest BCUT2D eigenvalue weighted by molar-refractivity contribution is 0.0987. The Balaban J connectivity index is 0.000000169. The zero-order valence-electron chi connectivity index (χ0n) is 31.4. The summed E-state index contributed by atoms with van der Waals surface area (Å²) in [4.78, 5) is 16.9. The number of amides is 1. The summed E-state index contributed by atoms with van der Waals surface area (Å²) in [6, 6.07) is 24.5. The summed E-state index contributed by atoms with van der Waals surface area (Å²) in [5.74, 6) is -0.438. The van der Waals surface area contributed by atoms with Crippen LogP contribution in [0.3, 0.4) is 0 Å². The molecule has 4 aliphatic rings. The minimum absolute atomic E-state index is 0.0706. The molecule has 4 aromatic carbocycles. The van der Waals surface area contributed by atoms with Crippen molar-refractivity contribution < 1.29 is 35.5 Å². The van der Waals surface area contributed by atoms with E-state index < -0.39 is 25.9 Å².